The fraction of sp³-hybridized carbons (Fsp3) is 1.00. The van der Waals surface area contributed by atoms with E-state index in [-0.39, 0.29) is 0 Å². The predicted octanol–water partition coefficient (Wildman–Crippen LogP) is 0.349. The SMILES string of the molecule is CN1CCN(CCSCCCO)CC1. The van der Waals surface area contributed by atoms with Gasteiger partial charge in [-0.25, -0.2) is 0 Å². The van der Waals surface area contributed by atoms with Crippen molar-refractivity contribution in [1.29, 1.82) is 0 Å². The van der Waals surface area contributed by atoms with Crippen molar-refractivity contribution in [2.75, 3.05) is 57.9 Å². The Balaban J connectivity index is 1.91. The van der Waals surface area contributed by atoms with Gasteiger partial charge < -0.3 is 10.0 Å². The van der Waals surface area contributed by atoms with Gasteiger partial charge in [0.2, 0.25) is 0 Å². The normalized spacial score (nSPS) is 20.1. The molecule has 0 aromatic carbocycles. The molecule has 0 saturated carbocycles. The summed E-state index contributed by atoms with van der Waals surface area (Å²) in [5.74, 6) is 2.31. The molecule has 0 spiro atoms. The minimum Gasteiger partial charge on any atom is -0.396 e. The van der Waals surface area contributed by atoms with Gasteiger partial charge in [0, 0.05) is 45.1 Å². The van der Waals surface area contributed by atoms with Crippen LogP contribution in [0.2, 0.25) is 0 Å². The maximum absolute atomic E-state index is 8.61. The molecule has 1 fully saturated rings. The second-order valence-corrected chi connectivity index (χ2v) is 5.06. The Kier molecular flexibility index (Phi) is 6.60. The summed E-state index contributed by atoms with van der Waals surface area (Å²) >= 11 is 1.96. The number of rotatable bonds is 6. The van der Waals surface area contributed by atoms with Gasteiger partial charge >= 0.3 is 0 Å². The van der Waals surface area contributed by atoms with Crippen LogP contribution in [0.3, 0.4) is 0 Å². The fourth-order valence-electron chi connectivity index (χ4n) is 1.53. The molecule has 1 heterocycles. The zero-order chi connectivity index (χ0) is 10.2. The highest BCUT2D eigenvalue weighted by Crippen LogP contribution is 2.05. The number of hydrogen-bond donors (Lipinski definition) is 1. The van der Waals surface area contributed by atoms with Gasteiger partial charge in [0.05, 0.1) is 0 Å². The maximum atomic E-state index is 8.61. The molecule has 4 heteroatoms. The predicted molar refractivity (Wildman–Crippen MR) is 63.0 cm³/mol. The Hall–Kier alpha value is 0.230. The van der Waals surface area contributed by atoms with Gasteiger partial charge in [-0.05, 0) is 19.2 Å². The molecule has 0 radical (unpaired) electrons. The average molecular weight is 218 g/mol. The van der Waals surface area contributed by atoms with Crippen LogP contribution < -0.4 is 0 Å². The number of aliphatic hydroxyl groups excluding tert-OH is 1. The highest BCUT2D eigenvalue weighted by atomic mass is 32.2. The molecule has 0 aromatic heterocycles. The van der Waals surface area contributed by atoms with Gasteiger partial charge in [-0.15, -0.1) is 0 Å². The third-order valence-corrected chi connectivity index (χ3v) is 3.64. The Morgan fingerprint density at radius 3 is 2.50 bits per heavy atom. The van der Waals surface area contributed by atoms with Crippen molar-refractivity contribution in [1.82, 2.24) is 9.80 Å². The van der Waals surface area contributed by atoms with Gasteiger partial charge in [0.15, 0.2) is 0 Å². The van der Waals surface area contributed by atoms with Crippen LogP contribution in [0, 0.1) is 0 Å². The van der Waals surface area contributed by atoms with E-state index in [0.717, 1.165) is 12.2 Å². The molecule has 0 atom stereocenters. The van der Waals surface area contributed by atoms with E-state index >= 15 is 0 Å². The molecule has 0 aliphatic carbocycles. The van der Waals surface area contributed by atoms with Crippen molar-refractivity contribution in [3.05, 3.63) is 0 Å². The lowest BCUT2D eigenvalue weighted by Gasteiger charge is -2.32. The summed E-state index contributed by atoms with van der Waals surface area (Å²) in [6, 6.07) is 0. The minimum absolute atomic E-state index is 0.335. The molecule has 0 bridgehead atoms. The zero-order valence-corrected chi connectivity index (χ0v) is 9.93. The van der Waals surface area contributed by atoms with Crippen LogP contribution in [0.5, 0.6) is 0 Å². The molecule has 0 amide bonds. The van der Waals surface area contributed by atoms with Crippen LogP contribution in [-0.4, -0.2) is 72.8 Å². The van der Waals surface area contributed by atoms with E-state index < -0.39 is 0 Å². The van der Waals surface area contributed by atoms with Crippen LogP contribution in [-0.2, 0) is 0 Å². The summed E-state index contributed by atoms with van der Waals surface area (Å²) in [5, 5.41) is 8.61. The number of nitrogens with zero attached hydrogens (tertiary/aromatic N) is 2. The number of thioether (sulfide) groups is 1. The van der Waals surface area contributed by atoms with Crippen LogP contribution in [0.15, 0.2) is 0 Å². The standard InChI is InChI=1S/C10H22N2OS/c1-11-3-5-12(6-4-11)7-10-14-9-2-8-13/h13H,2-10H2,1H3. The molecule has 0 aromatic rings. The Labute approximate surface area is 91.5 Å². The second-order valence-electron chi connectivity index (χ2n) is 3.83. The highest BCUT2D eigenvalue weighted by Gasteiger charge is 2.12. The molecular weight excluding hydrogens is 196 g/mol. The Morgan fingerprint density at radius 2 is 1.86 bits per heavy atom. The van der Waals surface area contributed by atoms with E-state index in [0.29, 0.717) is 6.61 Å². The Morgan fingerprint density at radius 1 is 1.14 bits per heavy atom. The summed E-state index contributed by atoms with van der Waals surface area (Å²) in [4.78, 5) is 4.92. The molecule has 84 valence electrons. The van der Waals surface area contributed by atoms with Crippen LogP contribution >= 0.6 is 11.8 Å². The minimum atomic E-state index is 0.335. The van der Waals surface area contributed by atoms with Gasteiger partial charge in [-0.1, -0.05) is 0 Å². The van der Waals surface area contributed by atoms with Crippen LogP contribution in [0.25, 0.3) is 0 Å². The number of hydrogen-bond acceptors (Lipinski definition) is 4. The molecule has 1 saturated heterocycles. The molecule has 0 unspecified atom stereocenters. The third kappa shape index (κ3) is 5.20. The lowest BCUT2D eigenvalue weighted by atomic mass is 10.3. The van der Waals surface area contributed by atoms with E-state index in [1.54, 1.807) is 0 Å². The molecule has 1 aliphatic rings. The molecule has 1 rings (SSSR count). The second kappa shape index (κ2) is 7.51. The lowest BCUT2D eigenvalue weighted by molar-refractivity contribution is 0.161. The largest absolute Gasteiger partial charge is 0.396 e. The van der Waals surface area contributed by atoms with E-state index in [1.165, 1.54) is 38.5 Å². The number of piperazine rings is 1. The quantitative estimate of drug-likeness (QED) is 0.651. The summed E-state index contributed by atoms with van der Waals surface area (Å²) in [6.45, 7) is 6.40. The molecule has 14 heavy (non-hydrogen) atoms. The number of aliphatic hydroxyl groups is 1. The van der Waals surface area contributed by atoms with Crippen molar-refractivity contribution in [2.45, 2.75) is 6.42 Å². The van der Waals surface area contributed by atoms with Crippen molar-refractivity contribution < 1.29 is 5.11 Å². The summed E-state index contributed by atoms with van der Waals surface area (Å²) < 4.78 is 0. The van der Waals surface area contributed by atoms with Crippen LogP contribution in [0.1, 0.15) is 6.42 Å². The van der Waals surface area contributed by atoms with Gasteiger partial charge in [-0.2, -0.15) is 11.8 Å². The topological polar surface area (TPSA) is 26.7 Å². The smallest absolute Gasteiger partial charge is 0.0438 e. The first-order valence-corrected chi connectivity index (χ1v) is 6.58. The van der Waals surface area contributed by atoms with Gasteiger partial charge in [0.25, 0.3) is 0 Å². The van der Waals surface area contributed by atoms with Crippen LogP contribution in [0.4, 0.5) is 0 Å². The highest BCUT2D eigenvalue weighted by molar-refractivity contribution is 7.99. The lowest BCUT2D eigenvalue weighted by Crippen LogP contribution is -2.45. The monoisotopic (exact) mass is 218 g/mol. The maximum Gasteiger partial charge on any atom is 0.0438 e. The first-order valence-electron chi connectivity index (χ1n) is 5.42. The number of likely N-dealkylation sites (N-methyl/N-ethyl adjacent to an activating group) is 1. The first-order chi connectivity index (χ1) is 6.83. The molecule has 1 N–H and O–H groups in total. The zero-order valence-electron chi connectivity index (χ0n) is 9.11. The van der Waals surface area contributed by atoms with E-state index in [9.17, 15) is 0 Å². The summed E-state index contributed by atoms with van der Waals surface area (Å²) in [5.41, 5.74) is 0. The van der Waals surface area contributed by atoms with Crippen molar-refractivity contribution in [3.63, 3.8) is 0 Å². The van der Waals surface area contributed by atoms with Crippen molar-refractivity contribution in [2.24, 2.45) is 0 Å². The summed E-state index contributed by atoms with van der Waals surface area (Å²) in [6.07, 6.45) is 0.938. The molecule has 3 nitrogen and oxygen atoms in total. The average Bonchev–Trinajstić information content (AvgIpc) is 2.21. The van der Waals surface area contributed by atoms with Crippen molar-refractivity contribution in [3.8, 4) is 0 Å². The molecule has 1 aliphatic heterocycles. The van der Waals surface area contributed by atoms with Gasteiger partial charge in [0.1, 0.15) is 0 Å². The van der Waals surface area contributed by atoms with E-state index in [1.807, 2.05) is 11.8 Å². The summed E-state index contributed by atoms with van der Waals surface area (Å²) in [7, 11) is 2.19. The fourth-order valence-corrected chi connectivity index (χ4v) is 2.46. The molecular formula is C10H22N2OS. The van der Waals surface area contributed by atoms with Crippen molar-refractivity contribution >= 4 is 11.8 Å². The first kappa shape index (κ1) is 12.3. The van der Waals surface area contributed by atoms with E-state index in [4.69, 9.17) is 5.11 Å². The van der Waals surface area contributed by atoms with Gasteiger partial charge in [-0.3, -0.25) is 4.90 Å². The Bertz CT molecular complexity index is 138. The third-order valence-electron chi connectivity index (χ3n) is 2.59. The van der Waals surface area contributed by atoms with E-state index in [2.05, 4.69) is 16.8 Å².